The Hall–Kier alpha value is -0.930. The summed E-state index contributed by atoms with van der Waals surface area (Å²) in [4.78, 5) is 0. The summed E-state index contributed by atoms with van der Waals surface area (Å²) in [6, 6.07) is 6.97. The monoisotopic (exact) mass is 281 g/mol. The van der Waals surface area contributed by atoms with Crippen LogP contribution in [-0.2, 0) is 11.2 Å². The van der Waals surface area contributed by atoms with Crippen molar-refractivity contribution in [3.63, 3.8) is 0 Å². The van der Waals surface area contributed by atoms with E-state index in [0.717, 1.165) is 31.7 Å². The number of hydrogen-bond donors (Lipinski definition) is 1. The SMILES string of the molecule is CCCC(C)C(CNCCOC)Cc1cccc(F)c1. The summed E-state index contributed by atoms with van der Waals surface area (Å²) in [6.45, 7) is 7.07. The molecule has 0 amide bonds. The highest BCUT2D eigenvalue weighted by atomic mass is 19.1. The molecule has 0 aliphatic carbocycles. The number of methoxy groups -OCH3 is 1. The molecule has 1 aromatic carbocycles. The minimum Gasteiger partial charge on any atom is -0.383 e. The van der Waals surface area contributed by atoms with Crippen LogP contribution < -0.4 is 5.32 Å². The maximum atomic E-state index is 13.3. The lowest BCUT2D eigenvalue weighted by Gasteiger charge is -2.24. The topological polar surface area (TPSA) is 21.3 Å². The molecule has 0 aliphatic rings. The fourth-order valence-electron chi connectivity index (χ4n) is 2.59. The molecule has 2 atom stereocenters. The predicted octanol–water partition coefficient (Wildman–Crippen LogP) is 3.66. The first-order valence-electron chi connectivity index (χ1n) is 7.61. The quantitative estimate of drug-likeness (QED) is 0.661. The summed E-state index contributed by atoms with van der Waals surface area (Å²) < 4.78 is 18.3. The van der Waals surface area contributed by atoms with Gasteiger partial charge in [-0.15, -0.1) is 0 Å². The zero-order valence-corrected chi connectivity index (χ0v) is 13.0. The molecule has 1 rings (SSSR count). The molecule has 0 radical (unpaired) electrons. The maximum absolute atomic E-state index is 13.3. The second-order valence-electron chi connectivity index (χ2n) is 5.56. The standard InChI is InChI=1S/C17H28FNO/c1-4-6-14(2)16(13-19-9-10-20-3)11-15-7-5-8-17(18)12-15/h5,7-8,12,14,16,19H,4,6,9-11,13H2,1-3H3. The van der Waals surface area contributed by atoms with Crippen molar-refractivity contribution in [2.75, 3.05) is 26.8 Å². The zero-order valence-electron chi connectivity index (χ0n) is 13.0. The number of nitrogens with one attached hydrogen (secondary N) is 1. The minimum absolute atomic E-state index is 0.142. The van der Waals surface area contributed by atoms with Crippen LogP contribution in [0.2, 0.25) is 0 Å². The molecule has 0 aliphatic heterocycles. The van der Waals surface area contributed by atoms with Crippen LogP contribution in [0.25, 0.3) is 0 Å². The Morgan fingerprint density at radius 1 is 1.35 bits per heavy atom. The van der Waals surface area contributed by atoms with Crippen molar-refractivity contribution in [1.29, 1.82) is 0 Å². The first kappa shape index (κ1) is 17.1. The van der Waals surface area contributed by atoms with Crippen LogP contribution in [0.3, 0.4) is 0 Å². The van der Waals surface area contributed by atoms with E-state index in [1.807, 2.05) is 6.07 Å². The molecule has 0 heterocycles. The van der Waals surface area contributed by atoms with Crippen molar-refractivity contribution < 1.29 is 9.13 Å². The average molecular weight is 281 g/mol. The van der Waals surface area contributed by atoms with Crippen molar-refractivity contribution in [3.8, 4) is 0 Å². The second-order valence-corrected chi connectivity index (χ2v) is 5.56. The van der Waals surface area contributed by atoms with E-state index in [9.17, 15) is 4.39 Å². The van der Waals surface area contributed by atoms with Crippen LogP contribution in [0.5, 0.6) is 0 Å². The van der Waals surface area contributed by atoms with Gasteiger partial charge < -0.3 is 10.1 Å². The molecule has 114 valence electrons. The van der Waals surface area contributed by atoms with Gasteiger partial charge >= 0.3 is 0 Å². The third kappa shape index (κ3) is 6.49. The van der Waals surface area contributed by atoms with Gasteiger partial charge in [0.15, 0.2) is 0 Å². The number of ether oxygens (including phenoxy) is 1. The van der Waals surface area contributed by atoms with Crippen molar-refractivity contribution in [2.45, 2.75) is 33.1 Å². The highest BCUT2D eigenvalue weighted by molar-refractivity contribution is 5.17. The fourth-order valence-corrected chi connectivity index (χ4v) is 2.59. The summed E-state index contributed by atoms with van der Waals surface area (Å²) in [6.07, 6.45) is 3.34. The van der Waals surface area contributed by atoms with Gasteiger partial charge in [0.2, 0.25) is 0 Å². The van der Waals surface area contributed by atoms with Crippen molar-refractivity contribution in [3.05, 3.63) is 35.6 Å². The van der Waals surface area contributed by atoms with Crippen molar-refractivity contribution in [1.82, 2.24) is 5.32 Å². The maximum Gasteiger partial charge on any atom is 0.123 e. The van der Waals surface area contributed by atoms with Gasteiger partial charge in [0.05, 0.1) is 6.61 Å². The van der Waals surface area contributed by atoms with Crippen LogP contribution in [0.4, 0.5) is 4.39 Å². The molecule has 0 aromatic heterocycles. The van der Waals surface area contributed by atoms with E-state index >= 15 is 0 Å². The Labute approximate surface area is 122 Å². The van der Waals surface area contributed by atoms with Gasteiger partial charge in [0.25, 0.3) is 0 Å². The Kier molecular flexibility index (Phi) is 8.47. The Bertz CT molecular complexity index is 370. The van der Waals surface area contributed by atoms with Crippen LogP contribution in [-0.4, -0.2) is 26.8 Å². The van der Waals surface area contributed by atoms with Gasteiger partial charge in [0.1, 0.15) is 5.82 Å². The van der Waals surface area contributed by atoms with Crippen LogP contribution in [0.1, 0.15) is 32.3 Å². The van der Waals surface area contributed by atoms with Crippen LogP contribution in [0.15, 0.2) is 24.3 Å². The molecule has 3 heteroatoms. The Morgan fingerprint density at radius 2 is 2.15 bits per heavy atom. The fraction of sp³-hybridized carbons (Fsp3) is 0.647. The number of halogens is 1. The third-order valence-electron chi connectivity index (χ3n) is 3.83. The first-order chi connectivity index (χ1) is 9.67. The van der Waals surface area contributed by atoms with E-state index in [1.165, 1.54) is 18.9 Å². The van der Waals surface area contributed by atoms with Crippen molar-refractivity contribution in [2.24, 2.45) is 11.8 Å². The Morgan fingerprint density at radius 3 is 2.80 bits per heavy atom. The highest BCUT2D eigenvalue weighted by Crippen LogP contribution is 2.21. The van der Waals surface area contributed by atoms with E-state index in [2.05, 4.69) is 19.2 Å². The van der Waals surface area contributed by atoms with E-state index in [4.69, 9.17) is 4.74 Å². The lowest BCUT2D eigenvalue weighted by Crippen LogP contribution is -2.31. The molecule has 0 saturated heterocycles. The Balaban J connectivity index is 2.56. The molecule has 20 heavy (non-hydrogen) atoms. The molecule has 1 aromatic rings. The summed E-state index contributed by atoms with van der Waals surface area (Å²) in [7, 11) is 1.71. The van der Waals surface area contributed by atoms with Gasteiger partial charge in [0, 0.05) is 13.7 Å². The van der Waals surface area contributed by atoms with E-state index in [0.29, 0.717) is 11.8 Å². The van der Waals surface area contributed by atoms with Gasteiger partial charge in [-0.2, -0.15) is 0 Å². The molecule has 0 saturated carbocycles. The number of rotatable bonds is 10. The van der Waals surface area contributed by atoms with Crippen LogP contribution >= 0.6 is 0 Å². The van der Waals surface area contributed by atoms with E-state index in [1.54, 1.807) is 19.2 Å². The summed E-state index contributed by atoms with van der Waals surface area (Å²) >= 11 is 0. The summed E-state index contributed by atoms with van der Waals surface area (Å²) in [5.74, 6) is 1.03. The van der Waals surface area contributed by atoms with E-state index in [-0.39, 0.29) is 5.82 Å². The third-order valence-corrected chi connectivity index (χ3v) is 3.83. The normalized spacial score (nSPS) is 14.2. The average Bonchev–Trinajstić information content (AvgIpc) is 2.42. The van der Waals surface area contributed by atoms with E-state index < -0.39 is 0 Å². The first-order valence-corrected chi connectivity index (χ1v) is 7.61. The van der Waals surface area contributed by atoms with Gasteiger partial charge in [-0.25, -0.2) is 4.39 Å². The lowest BCUT2D eigenvalue weighted by atomic mass is 9.85. The molecule has 0 spiro atoms. The summed E-state index contributed by atoms with van der Waals surface area (Å²) in [5, 5.41) is 3.44. The molecule has 2 nitrogen and oxygen atoms in total. The largest absolute Gasteiger partial charge is 0.383 e. The molecular weight excluding hydrogens is 253 g/mol. The molecule has 0 fully saturated rings. The lowest BCUT2D eigenvalue weighted by molar-refractivity contribution is 0.195. The van der Waals surface area contributed by atoms with Gasteiger partial charge in [-0.3, -0.25) is 0 Å². The van der Waals surface area contributed by atoms with Crippen molar-refractivity contribution >= 4 is 0 Å². The molecular formula is C17H28FNO. The highest BCUT2D eigenvalue weighted by Gasteiger charge is 2.17. The smallest absolute Gasteiger partial charge is 0.123 e. The molecule has 1 N–H and O–H groups in total. The zero-order chi connectivity index (χ0) is 14.8. The van der Waals surface area contributed by atoms with Crippen LogP contribution in [0, 0.1) is 17.7 Å². The van der Waals surface area contributed by atoms with Gasteiger partial charge in [-0.1, -0.05) is 38.8 Å². The molecule has 0 bridgehead atoms. The predicted molar refractivity (Wildman–Crippen MR) is 82.4 cm³/mol. The second kappa shape index (κ2) is 9.89. The number of hydrogen-bond acceptors (Lipinski definition) is 2. The number of benzene rings is 1. The van der Waals surface area contributed by atoms with Gasteiger partial charge in [-0.05, 0) is 42.5 Å². The minimum atomic E-state index is -0.142. The summed E-state index contributed by atoms with van der Waals surface area (Å²) in [5.41, 5.74) is 1.09. The molecule has 2 unspecified atom stereocenters.